The fourth-order valence-corrected chi connectivity index (χ4v) is 2.94. The molecule has 0 radical (unpaired) electrons. The Morgan fingerprint density at radius 1 is 1.60 bits per heavy atom. The molecule has 4 N–H and O–H groups in total. The van der Waals surface area contributed by atoms with Crippen LogP contribution in [0.2, 0.25) is 0 Å². The molecule has 0 bridgehead atoms. The van der Waals surface area contributed by atoms with Gasteiger partial charge in [0.2, 0.25) is 0 Å². The van der Waals surface area contributed by atoms with Gasteiger partial charge in [-0.25, -0.2) is 9.78 Å². The number of carbonyl (C=O) groups is 1. The summed E-state index contributed by atoms with van der Waals surface area (Å²) in [5.74, 6) is -0.862. The van der Waals surface area contributed by atoms with E-state index in [4.69, 9.17) is 14.9 Å². The van der Waals surface area contributed by atoms with Gasteiger partial charge in [0.05, 0.1) is 12.9 Å². The molecule has 0 unspecified atom stereocenters. The van der Waals surface area contributed by atoms with Crippen LogP contribution in [-0.4, -0.2) is 27.3 Å². The van der Waals surface area contributed by atoms with E-state index in [1.165, 1.54) is 0 Å². The van der Waals surface area contributed by atoms with Crippen molar-refractivity contribution in [3.8, 4) is 11.5 Å². The Balaban J connectivity index is 2.57. The molecule has 0 aliphatic heterocycles. The highest BCUT2D eigenvalue weighted by molar-refractivity contribution is 7.60. The zero-order chi connectivity index (χ0) is 14.9. The number of ether oxygens (including phenoxy) is 1. The van der Waals surface area contributed by atoms with E-state index in [0.29, 0.717) is 0 Å². The Labute approximate surface area is 117 Å². The van der Waals surface area contributed by atoms with Crippen molar-refractivity contribution in [1.29, 1.82) is 0 Å². The minimum Gasteiger partial charge on any atom is -0.462 e. The average molecular weight is 318 g/mol. The minimum atomic E-state index is -4.55. The van der Waals surface area contributed by atoms with E-state index in [-0.39, 0.29) is 33.4 Å². The normalized spacial score (nSPS) is 11.6. The maximum atomic E-state index is 11.8. The standard InChI is InChI=1S/C10H11N2O6PS/c1-2-17-9(13)8-6(12-10(11)20-8)7-5(3-4-18-7)19(14,15)16/h3-4H,2H2,1H3,(H2,11,12)(H2,14,15,16). The highest BCUT2D eigenvalue weighted by Gasteiger charge is 2.30. The summed E-state index contributed by atoms with van der Waals surface area (Å²) in [6, 6.07) is 1.13. The number of anilines is 1. The smallest absolute Gasteiger partial charge is 0.360 e. The number of hydrogen-bond acceptors (Lipinski definition) is 7. The van der Waals surface area contributed by atoms with E-state index in [9.17, 15) is 19.1 Å². The molecule has 2 rings (SSSR count). The number of nitrogens with two attached hydrogens (primary N) is 1. The first-order valence-corrected chi connectivity index (χ1v) is 7.85. The molecule has 2 aromatic rings. The largest absolute Gasteiger partial charge is 0.462 e. The Bertz CT molecular complexity index is 688. The first kappa shape index (κ1) is 14.7. The van der Waals surface area contributed by atoms with Crippen LogP contribution in [0.15, 0.2) is 16.7 Å². The van der Waals surface area contributed by atoms with Crippen LogP contribution >= 0.6 is 18.9 Å². The van der Waals surface area contributed by atoms with Crippen LogP contribution in [0, 0.1) is 0 Å². The molecule has 20 heavy (non-hydrogen) atoms. The second-order valence-electron chi connectivity index (χ2n) is 3.63. The number of hydrogen-bond donors (Lipinski definition) is 3. The van der Waals surface area contributed by atoms with Gasteiger partial charge < -0.3 is 24.7 Å². The molecule has 0 saturated carbocycles. The number of aromatic nitrogens is 1. The molecule has 2 heterocycles. The van der Waals surface area contributed by atoms with E-state index in [0.717, 1.165) is 23.7 Å². The van der Waals surface area contributed by atoms with Gasteiger partial charge in [-0.15, -0.1) is 0 Å². The van der Waals surface area contributed by atoms with Gasteiger partial charge in [-0.2, -0.15) is 0 Å². The van der Waals surface area contributed by atoms with E-state index >= 15 is 0 Å². The Kier molecular flexibility index (Phi) is 3.96. The van der Waals surface area contributed by atoms with Gasteiger partial charge in [0.15, 0.2) is 10.9 Å². The van der Waals surface area contributed by atoms with Crippen LogP contribution in [-0.2, 0) is 9.30 Å². The number of nitrogen functional groups attached to an aromatic ring is 1. The molecule has 0 saturated heterocycles. The Morgan fingerprint density at radius 2 is 2.30 bits per heavy atom. The average Bonchev–Trinajstić information content (AvgIpc) is 2.93. The third-order valence-corrected chi connectivity index (χ3v) is 4.12. The summed E-state index contributed by atoms with van der Waals surface area (Å²) in [6.45, 7) is 1.79. The molecule has 0 spiro atoms. The predicted octanol–water partition coefficient (Wildman–Crippen LogP) is 0.965. The fourth-order valence-electron chi connectivity index (χ4n) is 1.53. The van der Waals surface area contributed by atoms with Crippen LogP contribution in [0.25, 0.3) is 11.5 Å². The zero-order valence-electron chi connectivity index (χ0n) is 10.3. The minimum absolute atomic E-state index is 0.0331. The predicted molar refractivity (Wildman–Crippen MR) is 71.9 cm³/mol. The molecule has 0 amide bonds. The Morgan fingerprint density at radius 3 is 2.90 bits per heavy atom. The second kappa shape index (κ2) is 5.37. The van der Waals surface area contributed by atoms with Gasteiger partial charge in [-0.05, 0) is 13.0 Å². The summed E-state index contributed by atoms with van der Waals surface area (Å²) in [4.78, 5) is 34.2. The quantitative estimate of drug-likeness (QED) is 0.560. The van der Waals surface area contributed by atoms with Crippen molar-refractivity contribution in [2.75, 3.05) is 12.3 Å². The molecule has 108 valence electrons. The topological polar surface area (TPSA) is 136 Å². The van der Waals surface area contributed by atoms with Crippen molar-refractivity contribution < 1.29 is 28.3 Å². The van der Waals surface area contributed by atoms with Gasteiger partial charge >= 0.3 is 13.6 Å². The number of thiazole rings is 1. The molecular weight excluding hydrogens is 307 g/mol. The number of nitrogens with zero attached hydrogens (tertiary/aromatic N) is 1. The van der Waals surface area contributed by atoms with Crippen molar-refractivity contribution >= 4 is 35.3 Å². The monoisotopic (exact) mass is 318 g/mol. The highest BCUT2D eigenvalue weighted by atomic mass is 32.1. The first-order chi connectivity index (χ1) is 9.34. The highest BCUT2D eigenvalue weighted by Crippen LogP contribution is 2.40. The van der Waals surface area contributed by atoms with Crippen molar-refractivity contribution in [3.63, 3.8) is 0 Å². The summed E-state index contributed by atoms with van der Waals surface area (Å²) in [7, 11) is -4.55. The lowest BCUT2D eigenvalue weighted by Gasteiger charge is -2.04. The summed E-state index contributed by atoms with van der Waals surface area (Å²) in [6.07, 6.45) is 1.11. The SMILES string of the molecule is CCOC(=O)c1sc(N)nc1-c1occc1P(=O)(O)O. The van der Waals surface area contributed by atoms with Gasteiger partial charge in [0.25, 0.3) is 0 Å². The molecule has 0 aliphatic rings. The lowest BCUT2D eigenvalue weighted by Crippen LogP contribution is -2.08. The molecule has 0 atom stereocenters. The Hall–Kier alpha value is -1.67. The van der Waals surface area contributed by atoms with E-state index in [2.05, 4.69) is 4.98 Å². The van der Waals surface area contributed by atoms with Gasteiger partial charge in [-0.1, -0.05) is 11.3 Å². The zero-order valence-corrected chi connectivity index (χ0v) is 12.0. The number of rotatable bonds is 4. The van der Waals surface area contributed by atoms with Crippen LogP contribution in [0.5, 0.6) is 0 Å². The molecule has 0 fully saturated rings. The summed E-state index contributed by atoms with van der Waals surface area (Å²) >= 11 is 0.859. The third-order valence-electron chi connectivity index (χ3n) is 2.28. The van der Waals surface area contributed by atoms with Gasteiger partial charge in [0, 0.05) is 0 Å². The molecule has 8 nitrogen and oxygen atoms in total. The lowest BCUT2D eigenvalue weighted by atomic mass is 10.3. The molecule has 10 heteroatoms. The summed E-state index contributed by atoms with van der Waals surface area (Å²) < 4.78 is 21.3. The third kappa shape index (κ3) is 2.75. The second-order valence-corrected chi connectivity index (χ2v) is 6.23. The van der Waals surface area contributed by atoms with Crippen molar-refractivity contribution in [3.05, 3.63) is 17.2 Å². The van der Waals surface area contributed by atoms with Crippen molar-refractivity contribution in [2.45, 2.75) is 6.92 Å². The van der Waals surface area contributed by atoms with Crippen LogP contribution in [0.4, 0.5) is 5.13 Å². The number of carbonyl (C=O) groups excluding carboxylic acids is 1. The molecule has 0 aromatic carbocycles. The number of furan rings is 1. The van der Waals surface area contributed by atoms with E-state index < -0.39 is 13.6 Å². The summed E-state index contributed by atoms with van der Waals surface area (Å²) in [5.41, 5.74) is 5.51. The maximum Gasteiger partial charge on any atom is 0.360 e. The molecular formula is C10H11N2O6PS. The fraction of sp³-hybridized carbons (Fsp3) is 0.200. The number of esters is 1. The van der Waals surface area contributed by atoms with Crippen LogP contribution in [0.1, 0.15) is 16.6 Å². The van der Waals surface area contributed by atoms with Crippen LogP contribution < -0.4 is 11.0 Å². The lowest BCUT2D eigenvalue weighted by molar-refractivity contribution is 0.0532. The van der Waals surface area contributed by atoms with E-state index in [1.807, 2.05) is 0 Å². The van der Waals surface area contributed by atoms with E-state index in [1.54, 1.807) is 6.92 Å². The van der Waals surface area contributed by atoms with Gasteiger partial charge in [0.1, 0.15) is 15.9 Å². The molecule has 0 aliphatic carbocycles. The van der Waals surface area contributed by atoms with Crippen molar-refractivity contribution in [1.82, 2.24) is 4.98 Å². The van der Waals surface area contributed by atoms with Crippen molar-refractivity contribution in [2.24, 2.45) is 0 Å². The maximum absolute atomic E-state index is 11.8. The first-order valence-electron chi connectivity index (χ1n) is 5.42. The molecule has 2 aromatic heterocycles. The summed E-state index contributed by atoms with van der Waals surface area (Å²) in [5, 5.41) is -0.288. The van der Waals surface area contributed by atoms with Gasteiger partial charge in [-0.3, -0.25) is 4.57 Å². The van der Waals surface area contributed by atoms with Crippen LogP contribution in [0.3, 0.4) is 0 Å².